The fraction of sp³-hybridized carbons (Fsp3) is 0.167. The first-order valence-electron chi connectivity index (χ1n) is 5.55. The van der Waals surface area contributed by atoms with Crippen molar-refractivity contribution in [3.8, 4) is 0 Å². The van der Waals surface area contributed by atoms with Crippen LogP contribution in [0.2, 0.25) is 0 Å². The van der Waals surface area contributed by atoms with Crippen LogP contribution in [0.15, 0.2) is 38.5 Å². The average molecular weight is 275 g/mol. The van der Waals surface area contributed by atoms with Gasteiger partial charge in [-0.1, -0.05) is 0 Å². The summed E-state index contributed by atoms with van der Waals surface area (Å²) in [5, 5.41) is 1.21. The van der Waals surface area contributed by atoms with Crippen molar-refractivity contribution < 1.29 is 4.42 Å². The molecule has 3 heterocycles. The van der Waals surface area contributed by atoms with Crippen LogP contribution < -0.4 is 11.4 Å². The van der Waals surface area contributed by atoms with Crippen LogP contribution in [0.5, 0.6) is 0 Å². The van der Waals surface area contributed by atoms with Crippen molar-refractivity contribution in [3.63, 3.8) is 0 Å². The molecule has 0 radical (unpaired) electrons. The summed E-state index contributed by atoms with van der Waals surface area (Å²) in [6.07, 6.45) is 3.24. The van der Waals surface area contributed by atoms with Gasteiger partial charge >= 0.3 is 11.4 Å². The zero-order valence-electron chi connectivity index (χ0n) is 9.99. The standard InChI is InChI=1S/C12H9N3O3S/c1-7-14-5-8(19-7)6-15-10-9(3-2-4-13-10)11(16)18-12(15)17/h2-5H,6H2,1H3. The van der Waals surface area contributed by atoms with Crippen molar-refractivity contribution in [1.29, 1.82) is 0 Å². The van der Waals surface area contributed by atoms with Gasteiger partial charge in [0.25, 0.3) is 0 Å². The summed E-state index contributed by atoms with van der Waals surface area (Å²) in [6.45, 7) is 2.18. The highest BCUT2D eigenvalue weighted by Crippen LogP contribution is 2.14. The first-order chi connectivity index (χ1) is 9.15. The highest BCUT2D eigenvalue weighted by Gasteiger charge is 2.11. The minimum atomic E-state index is -0.706. The van der Waals surface area contributed by atoms with Crippen molar-refractivity contribution in [3.05, 3.63) is 55.4 Å². The maximum Gasteiger partial charge on any atom is 0.423 e. The number of aryl methyl sites for hydroxylation is 1. The van der Waals surface area contributed by atoms with E-state index in [1.807, 2.05) is 6.92 Å². The van der Waals surface area contributed by atoms with Crippen LogP contribution in [-0.2, 0) is 6.54 Å². The lowest BCUT2D eigenvalue weighted by Crippen LogP contribution is -2.25. The summed E-state index contributed by atoms with van der Waals surface area (Å²) in [7, 11) is 0. The van der Waals surface area contributed by atoms with E-state index >= 15 is 0 Å². The molecular weight excluding hydrogens is 266 g/mol. The van der Waals surface area contributed by atoms with Gasteiger partial charge in [0.2, 0.25) is 0 Å². The molecule has 0 bridgehead atoms. The lowest BCUT2D eigenvalue weighted by Gasteiger charge is -2.05. The van der Waals surface area contributed by atoms with E-state index in [9.17, 15) is 9.59 Å². The van der Waals surface area contributed by atoms with E-state index < -0.39 is 11.4 Å². The molecule has 0 aromatic carbocycles. The molecule has 3 aromatic rings. The van der Waals surface area contributed by atoms with Gasteiger partial charge in [0.1, 0.15) is 5.39 Å². The SMILES string of the molecule is Cc1ncc(Cn2c(=O)oc(=O)c3cccnc32)s1. The number of hydrogen-bond acceptors (Lipinski definition) is 6. The Hall–Kier alpha value is -2.28. The van der Waals surface area contributed by atoms with Crippen molar-refractivity contribution in [2.24, 2.45) is 0 Å². The second-order valence-corrected chi connectivity index (χ2v) is 5.28. The molecule has 0 fully saturated rings. The van der Waals surface area contributed by atoms with E-state index in [0.717, 1.165) is 9.88 Å². The van der Waals surface area contributed by atoms with E-state index in [4.69, 9.17) is 4.42 Å². The summed E-state index contributed by atoms with van der Waals surface area (Å²) in [5.74, 6) is -0.706. The van der Waals surface area contributed by atoms with Crippen LogP contribution in [-0.4, -0.2) is 14.5 Å². The highest BCUT2D eigenvalue weighted by molar-refractivity contribution is 7.11. The summed E-state index contributed by atoms with van der Waals surface area (Å²) in [4.78, 5) is 32.5. The van der Waals surface area contributed by atoms with Gasteiger partial charge < -0.3 is 4.42 Å². The average Bonchev–Trinajstić information content (AvgIpc) is 2.80. The van der Waals surface area contributed by atoms with E-state index in [-0.39, 0.29) is 0 Å². The monoisotopic (exact) mass is 275 g/mol. The van der Waals surface area contributed by atoms with Gasteiger partial charge in [-0.2, -0.15) is 0 Å². The van der Waals surface area contributed by atoms with E-state index in [1.54, 1.807) is 18.3 Å². The van der Waals surface area contributed by atoms with Crippen LogP contribution in [0.25, 0.3) is 11.0 Å². The molecule has 0 spiro atoms. The minimum absolute atomic E-state index is 0.293. The number of rotatable bonds is 2. The van der Waals surface area contributed by atoms with Crippen molar-refractivity contribution in [2.75, 3.05) is 0 Å². The van der Waals surface area contributed by atoms with Crippen LogP contribution in [0, 0.1) is 6.92 Å². The smallest absolute Gasteiger partial charge is 0.372 e. The number of pyridine rings is 1. The zero-order chi connectivity index (χ0) is 13.4. The summed E-state index contributed by atoms with van der Waals surface area (Å²) in [6, 6.07) is 3.22. The van der Waals surface area contributed by atoms with Gasteiger partial charge in [-0.3, -0.25) is 4.57 Å². The Bertz CT molecular complexity index is 862. The largest absolute Gasteiger partial charge is 0.423 e. The summed E-state index contributed by atoms with van der Waals surface area (Å²) >= 11 is 1.49. The predicted molar refractivity (Wildman–Crippen MR) is 70.5 cm³/mol. The molecule has 3 aromatic heterocycles. The van der Waals surface area contributed by atoms with Crippen molar-refractivity contribution in [1.82, 2.24) is 14.5 Å². The number of thiazole rings is 1. The second-order valence-electron chi connectivity index (χ2n) is 3.96. The third kappa shape index (κ3) is 2.08. The Morgan fingerprint density at radius 2 is 2.21 bits per heavy atom. The molecule has 6 nitrogen and oxygen atoms in total. The molecule has 3 rings (SSSR count). The molecule has 0 atom stereocenters. The Labute approximate surface area is 111 Å². The molecule has 7 heteroatoms. The summed E-state index contributed by atoms with van der Waals surface area (Å²) in [5.41, 5.74) is -0.334. The number of nitrogens with zero attached hydrogens (tertiary/aromatic N) is 3. The molecule has 0 amide bonds. The van der Waals surface area contributed by atoms with Crippen molar-refractivity contribution in [2.45, 2.75) is 13.5 Å². The lowest BCUT2D eigenvalue weighted by molar-refractivity contribution is 0.424. The van der Waals surface area contributed by atoms with Gasteiger partial charge in [-0.15, -0.1) is 11.3 Å². The van der Waals surface area contributed by atoms with Gasteiger partial charge in [0, 0.05) is 17.3 Å². The first-order valence-corrected chi connectivity index (χ1v) is 6.37. The summed E-state index contributed by atoms with van der Waals surface area (Å²) < 4.78 is 6.03. The normalized spacial score (nSPS) is 11.0. The van der Waals surface area contributed by atoms with E-state index in [0.29, 0.717) is 17.6 Å². The fourth-order valence-corrected chi connectivity index (χ4v) is 2.60. The van der Waals surface area contributed by atoms with E-state index in [2.05, 4.69) is 9.97 Å². The quantitative estimate of drug-likeness (QED) is 0.701. The van der Waals surface area contributed by atoms with Crippen LogP contribution in [0.3, 0.4) is 0 Å². The Morgan fingerprint density at radius 1 is 1.37 bits per heavy atom. The Balaban J connectivity index is 2.23. The molecule has 0 unspecified atom stereocenters. The number of fused-ring (bicyclic) bond motifs is 1. The topological polar surface area (TPSA) is 78.0 Å². The van der Waals surface area contributed by atoms with Crippen LogP contribution in [0.1, 0.15) is 9.88 Å². The maximum atomic E-state index is 11.8. The third-order valence-electron chi connectivity index (χ3n) is 2.65. The number of hydrogen-bond donors (Lipinski definition) is 0. The van der Waals surface area contributed by atoms with Crippen molar-refractivity contribution >= 4 is 22.4 Å². The van der Waals surface area contributed by atoms with E-state index in [1.165, 1.54) is 22.1 Å². The Morgan fingerprint density at radius 3 is 2.95 bits per heavy atom. The van der Waals surface area contributed by atoms with Gasteiger partial charge in [0.15, 0.2) is 5.65 Å². The lowest BCUT2D eigenvalue weighted by atomic mass is 10.3. The maximum absolute atomic E-state index is 11.8. The van der Waals surface area contributed by atoms with Gasteiger partial charge in [0.05, 0.1) is 11.6 Å². The fourth-order valence-electron chi connectivity index (χ4n) is 1.82. The predicted octanol–water partition coefficient (Wildman–Crippen LogP) is 1.16. The molecule has 0 saturated heterocycles. The molecule has 0 aliphatic heterocycles. The molecule has 19 heavy (non-hydrogen) atoms. The first kappa shape index (κ1) is 11.8. The minimum Gasteiger partial charge on any atom is -0.372 e. The zero-order valence-corrected chi connectivity index (χ0v) is 10.8. The molecule has 0 saturated carbocycles. The molecule has 0 aliphatic carbocycles. The molecule has 0 N–H and O–H groups in total. The molecule has 96 valence electrons. The Kier molecular flexibility index (Phi) is 2.75. The number of aromatic nitrogens is 3. The third-order valence-corrected chi connectivity index (χ3v) is 3.54. The van der Waals surface area contributed by atoms with Crippen LogP contribution >= 0.6 is 11.3 Å². The highest BCUT2D eigenvalue weighted by atomic mass is 32.1. The molecular formula is C12H9N3O3S. The van der Waals surface area contributed by atoms with Gasteiger partial charge in [-0.05, 0) is 19.1 Å². The molecule has 0 aliphatic rings. The van der Waals surface area contributed by atoms with Gasteiger partial charge in [-0.25, -0.2) is 19.6 Å². The second kappa shape index (κ2) is 4.43. The van der Waals surface area contributed by atoms with Crippen LogP contribution in [0.4, 0.5) is 0 Å².